The molecule has 2 aromatic rings. The molecule has 11 nitrogen and oxygen atoms in total. The van der Waals surface area contributed by atoms with Crippen molar-refractivity contribution in [3.8, 4) is 0 Å². The molecule has 5 rings (SSSR count). The number of ether oxygens (including phenoxy) is 2. The Morgan fingerprint density at radius 1 is 1.20 bits per heavy atom. The third-order valence-electron chi connectivity index (χ3n) is 8.55. The van der Waals surface area contributed by atoms with Gasteiger partial charge in [0, 0.05) is 19.7 Å². The average molecular weight is 566 g/mol. The summed E-state index contributed by atoms with van der Waals surface area (Å²) in [6.45, 7) is 8.54. The zero-order chi connectivity index (χ0) is 29.0. The zero-order valence-electron chi connectivity index (χ0n) is 23.4. The van der Waals surface area contributed by atoms with Gasteiger partial charge < -0.3 is 24.4 Å². The number of rotatable bonds is 15. The molecule has 0 radical (unpaired) electrons. The van der Waals surface area contributed by atoms with Gasteiger partial charge >= 0.3 is 5.97 Å². The Balaban J connectivity index is 1.44. The van der Waals surface area contributed by atoms with Gasteiger partial charge in [0.25, 0.3) is 0 Å². The summed E-state index contributed by atoms with van der Waals surface area (Å²) in [4.78, 5) is 45.0. The number of allylic oxidation sites excluding steroid dienone is 1. The Labute approximate surface area is 239 Å². The molecule has 1 N–H and O–H groups in total. The number of hydrogen-bond donors (Lipinski definition) is 1. The molecule has 1 aromatic heterocycles. The van der Waals surface area contributed by atoms with E-state index in [0.29, 0.717) is 50.6 Å². The minimum Gasteiger partial charge on any atom is -0.465 e. The maximum Gasteiger partial charge on any atom is 0.312 e. The molecule has 3 aliphatic heterocycles. The quantitative estimate of drug-likeness (QED) is 0.198. The molecule has 3 fully saturated rings. The van der Waals surface area contributed by atoms with E-state index in [-0.39, 0.29) is 38.2 Å². The molecule has 5 atom stereocenters. The predicted molar refractivity (Wildman–Crippen MR) is 150 cm³/mol. The molecule has 1 spiro atoms. The molecule has 2 bridgehead atoms. The van der Waals surface area contributed by atoms with Gasteiger partial charge in [0.2, 0.25) is 11.8 Å². The smallest absolute Gasteiger partial charge is 0.312 e. The van der Waals surface area contributed by atoms with Gasteiger partial charge in [-0.05, 0) is 57.1 Å². The third kappa shape index (κ3) is 5.28. The van der Waals surface area contributed by atoms with E-state index in [4.69, 9.17) is 9.47 Å². The molecule has 220 valence electrons. The van der Waals surface area contributed by atoms with E-state index < -0.39 is 35.6 Å². The van der Waals surface area contributed by atoms with Crippen LogP contribution in [0, 0.1) is 11.8 Å². The third-order valence-corrected chi connectivity index (χ3v) is 8.55. The summed E-state index contributed by atoms with van der Waals surface area (Å²) in [6.07, 6.45) is 7.35. The molecule has 4 heterocycles. The number of likely N-dealkylation sites (tertiary alicyclic amines) is 1. The molecule has 2 unspecified atom stereocenters. The molecule has 3 saturated heterocycles. The van der Waals surface area contributed by atoms with E-state index >= 15 is 0 Å². The number of esters is 1. The minimum atomic E-state index is -1.11. The first kappa shape index (κ1) is 28.9. The molecule has 41 heavy (non-hydrogen) atoms. The van der Waals surface area contributed by atoms with Crippen LogP contribution in [0.2, 0.25) is 0 Å². The van der Waals surface area contributed by atoms with E-state index in [1.165, 1.54) is 0 Å². The van der Waals surface area contributed by atoms with Crippen molar-refractivity contribution in [1.82, 2.24) is 24.8 Å². The van der Waals surface area contributed by atoms with Gasteiger partial charge in [-0.1, -0.05) is 29.5 Å². The van der Waals surface area contributed by atoms with Crippen LogP contribution in [0.15, 0.2) is 49.6 Å². The lowest BCUT2D eigenvalue weighted by Gasteiger charge is -2.36. The lowest BCUT2D eigenvalue weighted by Crippen LogP contribution is -2.56. The second kappa shape index (κ2) is 12.5. The highest BCUT2D eigenvalue weighted by Crippen LogP contribution is 2.58. The van der Waals surface area contributed by atoms with Gasteiger partial charge in [-0.25, -0.2) is 4.68 Å². The number of unbranched alkanes of at least 4 members (excludes halogenated alkanes) is 3. The predicted octanol–water partition coefficient (Wildman–Crippen LogP) is 2.45. The van der Waals surface area contributed by atoms with Crippen molar-refractivity contribution in [3.05, 3.63) is 49.6 Å². The Morgan fingerprint density at radius 2 is 2.02 bits per heavy atom. The van der Waals surface area contributed by atoms with Crippen LogP contribution in [0.4, 0.5) is 0 Å². The molecule has 2 amide bonds. The zero-order valence-corrected chi connectivity index (χ0v) is 23.4. The summed E-state index contributed by atoms with van der Waals surface area (Å²) in [5.74, 6) is -2.48. The van der Waals surface area contributed by atoms with Gasteiger partial charge in [0.1, 0.15) is 23.8 Å². The summed E-state index contributed by atoms with van der Waals surface area (Å²) in [6, 6.07) is 6.61. The van der Waals surface area contributed by atoms with Crippen LogP contribution in [0.3, 0.4) is 0 Å². The Hall–Kier alpha value is -3.57. The van der Waals surface area contributed by atoms with E-state index in [9.17, 15) is 19.5 Å². The maximum atomic E-state index is 14.5. The van der Waals surface area contributed by atoms with Crippen molar-refractivity contribution >= 4 is 28.8 Å². The number of para-hydroxylation sites is 1. The van der Waals surface area contributed by atoms with Crippen LogP contribution in [0.25, 0.3) is 11.0 Å². The second-order valence-corrected chi connectivity index (χ2v) is 11.0. The van der Waals surface area contributed by atoms with Gasteiger partial charge in [-0.15, -0.1) is 18.3 Å². The summed E-state index contributed by atoms with van der Waals surface area (Å²) in [7, 11) is 0. The highest BCUT2D eigenvalue weighted by molar-refractivity contribution is 5.98. The highest BCUT2D eigenvalue weighted by atomic mass is 16.6. The van der Waals surface area contributed by atoms with Crippen LogP contribution in [0.5, 0.6) is 0 Å². The summed E-state index contributed by atoms with van der Waals surface area (Å²) in [5, 5.41) is 17.7. The number of aliphatic hydroxyl groups excluding tert-OH is 1. The Morgan fingerprint density at radius 3 is 2.80 bits per heavy atom. The largest absolute Gasteiger partial charge is 0.465 e. The van der Waals surface area contributed by atoms with E-state index in [1.54, 1.807) is 26.6 Å². The molecule has 0 saturated carbocycles. The Bertz CT molecular complexity index is 1300. The first-order valence-electron chi connectivity index (χ1n) is 14.5. The Kier molecular flexibility index (Phi) is 8.84. The maximum absolute atomic E-state index is 14.5. The van der Waals surface area contributed by atoms with Crippen molar-refractivity contribution in [1.29, 1.82) is 0 Å². The number of amides is 2. The standard InChI is InChI=1S/C30H39N5O6/c1-3-5-11-19-40-29(39)24-23-14-15-30(41-23)25(24)27(37)34(17-9-6-10-18-36)26(30)28(38)33(16-4-2)20-35-22-13-8-7-12-21(22)31-32-35/h3-4,7-8,12-13,23-26,36H,1-2,5-6,9-11,14-20H2/t23-,24+,25-,26?,30?/m0/s1. The van der Waals surface area contributed by atoms with Crippen LogP contribution < -0.4 is 0 Å². The molecular weight excluding hydrogens is 526 g/mol. The molecule has 1 aromatic carbocycles. The fraction of sp³-hybridized carbons (Fsp3) is 0.567. The number of aliphatic hydroxyl groups is 1. The fourth-order valence-electron chi connectivity index (χ4n) is 6.74. The molecule has 11 heteroatoms. The molecule has 0 aliphatic carbocycles. The van der Waals surface area contributed by atoms with Gasteiger partial charge in [-0.2, -0.15) is 0 Å². The normalized spacial score (nSPS) is 26.4. The van der Waals surface area contributed by atoms with Crippen LogP contribution >= 0.6 is 0 Å². The molecular formula is C30H39N5O6. The lowest BCUT2D eigenvalue weighted by molar-refractivity contribution is -0.155. The first-order chi connectivity index (χ1) is 20.0. The number of benzene rings is 1. The summed E-state index contributed by atoms with van der Waals surface area (Å²) in [5.41, 5.74) is 0.391. The van der Waals surface area contributed by atoms with Crippen molar-refractivity contribution < 1.29 is 29.0 Å². The number of carbonyl (C=O) groups excluding carboxylic acids is 3. The number of nitrogens with zero attached hydrogens (tertiary/aromatic N) is 5. The van der Waals surface area contributed by atoms with Crippen molar-refractivity contribution in [3.63, 3.8) is 0 Å². The first-order valence-corrected chi connectivity index (χ1v) is 14.5. The van der Waals surface area contributed by atoms with Crippen LogP contribution in [-0.2, 0) is 30.5 Å². The van der Waals surface area contributed by atoms with Crippen molar-refractivity contribution in [2.45, 2.75) is 69.4 Å². The lowest BCUT2D eigenvalue weighted by atomic mass is 9.70. The SMILES string of the molecule is C=CCCCOC(=O)[C@@H]1[C@@H]2CCC3(O2)C(C(=O)N(CC=C)Cn2nnc4ccccc42)N(CCCCCO)C(=O)[C@H]13. The minimum absolute atomic E-state index is 0.0619. The monoisotopic (exact) mass is 565 g/mol. The topological polar surface area (TPSA) is 127 Å². The van der Waals surface area contributed by atoms with E-state index in [1.807, 2.05) is 24.3 Å². The van der Waals surface area contributed by atoms with Crippen molar-refractivity contribution in [2.24, 2.45) is 11.8 Å². The number of hydrogen-bond acceptors (Lipinski definition) is 8. The van der Waals surface area contributed by atoms with E-state index in [0.717, 1.165) is 11.9 Å². The second-order valence-electron chi connectivity index (χ2n) is 11.0. The fourth-order valence-corrected chi connectivity index (χ4v) is 6.74. The molecule has 3 aliphatic rings. The summed E-state index contributed by atoms with van der Waals surface area (Å²) >= 11 is 0. The average Bonchev–Trinajstić information content (AvgIpc) is 3.72. The number of fused-ring (bicyclic) bond motifs is 2. The van der Waals surface area contributed by atoms with Crippen LogP contribution in [-0.4, -0.2) is 91.7 Å². The number of carbonyl (C=O) groups is 3. The van der Waals surface area contributed by atoms with Gasteiger partial charge in [-0.3, -0.25) is 14.4 Å². The van der Waals surface area contributed by atoms with Gasteiger partial charge in [0.15, 0.2) is 0 Å². The van der Waals surface area contributed by atoms with E-state index in [2.05, 4.69) is 23.5 Å². The van der Waals surface area contributed by atoms with Gasteiger partial charge in [0.05, 0.1) is 30.1 Å². The van der Waals surface area contributed by atoms with Crippen molar-refractivity contribution in [2.75, 3.05) is 26.3 Å². The number of aromatic nitrogens is 3. The highest BCUT2D eigenvalue weighted by Gasteiger charge is 2.75. The van der Waals surface area contributed by atoms with Crippen LogP contribution in [0.1, 0.15) is 44.9 Å². The summed E-state index contributed by atoms with van der Waals surface area (Å²) < 4.78 is 13.8.